The van der Waals surface area contributed by atoms with Crippen LogP contribution >= 0.6 is 11.6 Å². The largest absolute Gasteiger partial charge is 0.279 e. The number of carbonyl (C=O) groups excluding carboxylic acids is 1. The minimum Gasteiger partial charge on any atom is -0.271 e. The minimum atomic E-state index is -0.199. The van der Waals surface area contributed by atoms with Gasteiger partial charge in [0.1, 0.15) is 0 Å². The van der Waals surface area contributed by atoms with E-state index in [1.807, 2.05) is 0 Å². The van der Waals surface area contributed by atoms with Crippen molar-refractivity contribution in [2.75, 3.05) is 13.2 Å². The summed E-state index contributed by atoms with van der Waals surface area (Å²) in [6.07, 6.45) is 3.86. The van der Waals surface area contributed by atoms with Crippen molar-refractivity contribution in [2.45, 2.75) is 6.42 Å². The normalized spacial score (nSPS) is 15.9. The summed E-state index contributed by atoms with van der Waals surface area (Å²) in [5, 5.41) is 1.69. The lowest BCUT2D eigenvalue weighted by molar-refractivity contribution is -0.0768. The Morgan fingerprint density at radius 1 is 1.64 bits per heavy atom. The molecule has 1 aromatic rings. The summed E-state index contributed by atoms with van der Waals surface area (Å²) in [7, 11) is 0. The molecule has 0 aliphatic carbocycles. The fourth-order valence-corrected chi connectivity index (χ4v) is 1.49. The number of hydroxylamine groups is 2. The Morgan fingerprint density at radius 2 is 2.50 bits per heavy atom. The molecule has 2 rings (SSSR count). The first-order valence-electron chi connectivity index (χ1n) is 4.33. The number of nitrogens with zero attached hydrogens (tertiary/aromatic N) is 2. The van der Waals surface area contributed by atoms with E-state index in [2.05, 4.69) is 4.98 Å². The van der Waals surface area contributed by atoms with Crippen LogP contribution in [0.2, 0.25) is 5.02 Å². The third-order valence-corrected chi connectivity index (χ3v) is 2.28. The molecule has 1 saturated heterocycles. The SMILES string of the molecule is O=C(c1ccncc1Cl)N1CCCO1. The lowest BCUT2D eigenvalue weighted by atomic mass is 10.2. The standard InChI is InChI=1S/C9H9ClN2O2/c10-8-6-11-3-2-7(8)9(13)12-4-1-5-14-12/h2-3,6H,1,4-5H2. The molecule has 1 aliphatic heterocycles. The van der Waals surface area contributed by atoms with E-state index in [1.165, 1.54) is 17.5 Å². The van der Waals surface area contributed by atoms with E-state index >= 15 is 0 Å². The Morgan fingerprint density at radius 3 is 3.14 bits per heavy atom. The monoisotopic (exact) mass is 212 g/mol. The van der Waals surface area contributed by atoms with Gasteiger partial charge in [-0.05, 0) is 12.5 Å². The van der Waals surface area contributed by atoms with Crippen LogP contribution in [0.3, 0.4) is 0 Å². The summed E-state index contributed by atoms with van der Waals surface area (Å²) in [4.78, 5) is 20.7. The van der Waals surface area contributed by atoms with Gasteiger partial charge in [-0.15, -0.1) is 0 Å². The maximum atomic E-state index is 11.8. The van der Waals surface area contributed by atoms with Crippen LogP contribution in [0.5, 0.6) is 0 Å². The summed E-state index contributed by atoms with van der Waals surface area (Å²) in [5.41, 5.74) is 0.434. The van der Waals surface area contributed by atoms with Crippen LogP contribution in [0, 0.1) is 0 Å². The Kier molecular flexibility index (Phi) is 2.65. The van der Waals surface area contributed by atoms with Gasteiger partial charge >= 0.3 is 0 Å². The lowest BCUT2D eigenvalue weighted by Crippen LogP contribution is -2.26. The molecule has 0 bridgehead atoms. The molecular formula is C9H9ClN2O2. The molecule has 0 N–H and O–H groups in total. The molecule has 0 unspecified atom stereocenters. The first-order valence-corrected chi connectivity index (χ1v) is 4.71. The zero-order valence-corrected chi connectivity index (χ0v) is 8.20. The van der Waals surface area contributed by atoms with E-state index < -0.39 is 0 Å². The number of halogens is 1. The summed E-state index contributed by atoms with van der Waals surface area (Å²) in [6.45, 7) is 1.21. The van der Waals surface area contributed by atoms with Crippen LogP contribution in [-0.4, -0.2) is 29.1 Å². The molecule has 1 aromatic heterocycles. The van der Waals surface area contributed by atoms with Gasteiger partial charge in [0.25, 0.3) is 5.91 Å². The fraction of sp³-hybridized carbons (Fsp3) is 0.333. The minimum absolute atomic E-state index is 0.199. The van der Waals surface area contributed by atoms with E-state index in [-0.39, 0.29) is 5.91 Å². The second kappa shape index (κ2) is 3.94. The van der Waals surface area contributed by atoms with Crippen LogP contribution in [0.25, 0.3) is 0 Å². The highest BCUT2D eigenvalue weighted by Gasteiger charge is 2.22. The average Bonchev–Trinajstić information content (AvgIpc) is 2.70. The van der Waals surface area contributed by atoms with Gasteiger partial charge < -0.3 is 0 Å². The van der Waals surface area contributed by atoms with Gasteiger partial charge in [-0.1, -0.05) is 11.6 Å². The molecule has 1 aliphatic rings. The van der Waals surface area contributed by atoms with Crippen LogP contribution in [0.15, 0.2) is 18.5 Å². The second-order valence-corrected chi connectivity index (χ2v) is 3.36. The number of hydrogen-bond donors (Lipinski definition) is 0. The average molecular weight is 213 g/mol. The van der Waals surface area contributed by atoms with Gasteiger partial charge in [0.05, 0.1) is 23.7 Å². The number of aromatic nitrogens is 1. The summed E-state index contributed by atoms with van der Waals surface area (Å²) in [6, 6.07) is 1.59. The zero-order chi connectivity index (χ0) is 9.97. The summed E-state index contributed by atoms with van der Waals surface area (Å²) in [5.74, 6) is -0.199. The molecule has 0 spiro atoms. The number of pyridine rings is 1. The van der Waals surface area contributed by atoms with Crippen molar-refractivity contribution in [3.63, 3.8) is 0 Å². The third-order valence-electron chi connectivity index (χ3n) is 1.98. The number of amides is 1. The Balaban J connectivity index is 2.22. The van der Waals surface area contributed by atoms with Crippen LogP contribution in [-0.2, 0) is 4.84 Å². The van der Waals surface area contributed by atoms with Gasteiger partial charge in [0.15, 0.2) is 0 Å². The topological polar surface area (TPSA) is 42.4 Å². The van der Waals surface area contributed by atoms with E-state index in [0.717, 1.165) is 6.42 Å². The molecule has 2 heterocycles. The number of hydrogen-bond acceptors (Lipinski definition) is 3. The highest BCUT2D eigenvalue weighted by atomic mass is 35.5. The van der Waals surface area contributed by atoms with E-state index in [1.54, 1.807) is 6.07 Å². The highest BCUT2D eigenvalue weighted by Crippen LogP contribution is 2.17. The molecule has 0 atom stereocenters. The predicted octanol–water partition coefficient (Wildman–Crippen LogP) is 1.51. The summed E-state index contributed by atoms with van der Waals surface area (Å²) >= 11 is 5.83. The first-order chi connectivity index (χ1) is 6.79. The van der Waals surface area contributed by atoms with Gasteiger partial charge in [0, 0.05) is 12.4 Å². The highest BCUT2D eigenvalue weighted by molar-refractivity contribution is 6.33. The molecule has 4 nitrogen and oxygen atoms in total. The molecule has 1 amide bonds. The zero-order valence-electron chi connectivity index (χ0n) is 7.44. The molecule has 74 valence electrons. The van der Waals surface area contributed by atoms with Crippen LogP contribution < -0.4 is 0 Å². The van der Waals surface area contributed by atoms with Gasteiger partial charge in [0.2, 0.25) is 0 Å². The van der Waals surface area contributed by atoms with Crippen molar-refractivity contribution in [1.82, 2.24) is 10.0 Å². The molecule has 0 aromatic carbocycles. The second-order valence-electron chi connectivity index (χ2n) is 2.95. The molecular weight excluding hydrogens is 204 g/mol. The van der Waals surface area contributed by atoms with Crippen LogP contribution in [0.1, 0.15) is 16.8 Å². The Hall–Kier alpha value is -1.13. The van der Waals surface area contributed by atoms with Gasteiger partial charge in [-0.2, -0.15) is 0 Å². The van der Waals surface area contributed by atoms with Crippen LogP contribution in [0.4, 0.5) is 0 Å². The van der Waals surface area contributed by atoms with Crippen molar-refractivity contribution in [3.05, 3.63) is 29.0 Å². The lowest BCUT2D eigenvalue weighted by Gasteiger charge is -2.13. The quantitative estimate of drug-likeness (QED) is 0.709. The van der Waals surface area contributed by atoms with Crippen molar-refractivity contribution in [1.29, 1.82) is 0 Å². The van der Waals surface area contributed by atoms with Gasteiger partial charge in [-0.3, -0.25) is 14.6 Å². The third kappa shape index (κ3) is 1.71. The van der Waals surface area contributed by atoms with Crippen molar-refractivity contribution in [2.24, 2.45) is 0 Å². The summed E-state index contributed by atoms with van der Waals surface area (Å²) < 4.78 is 0. The maximum Gasteiger partial charge on any atom is 0.279 e. The fourth-order valence-electron chi connectivity index (χ4n) is 1.29. The Bertz CT molecular complexity index is 350. The number of carbonyl (C=O) groups is 1. The van der Waals surface area contributed by atoms with Crippen molar-refractivity contribution in [3.8, 4) is 0 Å². The molecule has 0 saturated carbocycles. The molecule has 14 heavy (non-hydrogen) atoms. The van der Waals surface area contributed by atoms with E-state index in [9.17, 15) is 4.79 Å². The smallest absolute Gasteiger partial charge is 0.271 e. The van der Waals surface area contributed by atoms with Gasteiger partial charge in [-0.25, -0.2) is 5.06 Å². The Labute approximate surface area is 86.4 Å². The van der Waals surface area contributed by atoms with Crippen molar-refractivity contribution < 1.29 is 9.63 Å². The molecule has 0 radical (unpaired) electrons. The number of rotatable bonds is 1. The predicted molar refractivity (Wildman–Crippen MR) is 50.9 cm³/mol. The van der Waals surface area contributed by atoms with E-state index in [0.29, 0.717) is 23.7 Å². The van der Waals surface area contributed by atoms with Crippen molar-refractivity contribution >= 4 is 17.5 Å². The first kappa shape index (κ1) is 9.43. The maximum absolute atomic E-state index is 11.8. The van der Waals surface area contributed by atoms with E-state index in [4.69, 9.17) is 16.4 Å². The molecule has 1 fully saturated rings. The molecule has 5 heteroatoms.